The lowest BCUT2D eigenvalue weighted by Crippen LogP contribution is -2.23. The Labute approximate surface area is 77.8 Å². The summed E-state index contributed by atoms with van der Waals surface area (Å²) in [5.41, 5.74) is 1.35. The molecule has 12 heavy (non-hydrogen) atoms. The molecule has 0 amide bonds. The molecule has 1 rings (SSSR count). The molecule has 0 radical (unpaired) electrons. The Morgan fingerprint density at radius 2 is 2.50 bits per heavy atom. The van der Waals surface area contributed by atoms with Gasteiger partial charge in [-0.2, -0.15) is 0 Å². The molecule has 0 aromatic carbocycles. The van der Waals surface area contributed by atoms with Crippen molar-refractivity contribution in [2.75, 3.05) is 0 Å². The van der Waals surface area contributed by atoms with E-state index < -0.39 is 0 Å². The normalized spacial score (nSPS) is 12.4. The van der Waals surface area contributed by atoms with Gasteiger partial charge in [0.2, 0.25) is 0 Å². The summed E-state index contributed by atoms with van der Waals surface area (Å²) < 4.78 is 0. The molecule has 1 atom stereocenters. The average molecular weight is 179 g/mol. The predicted molar refractivity (Wildman–Crippen MR) is 54.2 cm³/mol. The van der Waals surface area contributed by atoms with E-state index in [1.165, 1.54) is 10.4 Å². The lowest BCUT2D eigenvalue weighted by molar-refractivity contribution is 0.648. The number of thiophene rings is 1. The molecule has 0 saturated heterocycles. The zero-order valence-electron chi connectivity index (χ0n) is 7.42. The van der Waals surface area contributed by atoms with Gasteiger partial charge in [-0.1, -0.05) is 5.92 Å². The van der Waals surface area contributed by atoms with Gasteiger partial charge in [0.15, 0.2) is 0 Å². The van der Waals surface area contributed by atoms with Gasteiger partial charge in [-0.15, -0.1) is 17.8 Å². The first kappa shape index (κ1) is 9.31. The van der Waals surface area contributed by atoms with Gasteiger partial charge >= 0.3 is 0 Å². The van der Waals surface area contributed by atoms with Gasteiger partial charge in [0, 0.05) is 11.4 Å². The predicted octanol–water partition coefficient (Wildman–Crippen LogP) is 2.17. The average Bonchev–Trinajstić information content (AvgIpc) is 2.47. The summed E-state index contributed by atoms with van der Waals surface area (Å²) in [6, 6.07) is 2.29. The summed E-state index contributed by atoms with van der Waals surface area (Å²) in [5, 5.41) is 5.35. The molecule has 0 saturated carbocycles. The zero-order chi connectivity index (χ0) is 8.97. The van der Waals surface area contributed by atoms with E-state index in [-0.39, 0.29) is 6.04 Å². The number of nitrogens with one attached hydrogen (secondary N) is 1. The smallest absolute Gasteiger partial charge is 0.0660 e. The summed E-state index contributed by atoms with van der Waals surface area (Å²) in [7, 11) is 0. The fourth-order valence-corrected chi connectivity index (χ4v) is 1.64. The first-order chi connectivity index (χ1) is 5.74. The van der Waals surface area contributed by atoms with Crippen molar-refractivity contribution >= 4 is 11.3 Å². The molecule has 0 bridgehead atoms. The molecule has 0 fully saturated rings. The van der Waals surface area contributed by atoms with Crippen molar-refractivity contribution in [3.8, 4) is 12.3 Å². The molecular formula is C10H13NS. The monoisotopic (exact) mass is 179 g/mol. The van der Waals surface area contributed by atoms with Crippen molar-refractivity contribution in [2.24, 2.45) is 0 Å². The van der Waals surface area contributed by atoms with Crippen molar-refractivity contribution in [1.29, 1.82) is 0 Å². The minimum Gasteiger partial charge on any atom is -0.300 e. The van der Waals surface area contributed by atoms with Crippen LogP contribution in [-0.4, -0.2) is 6.04 Å². The van der Waals surface area contributed by atoms with Crippen molar-refractivity contribution < 1.29 is 0 Å². The Balaban J connectivity index is 2.44. The highest BCUT2D eigenvalue weighted by Gasteiger charge is 2.00. The molecule has 1 N–H and O–H groups in total. The van der Waals surface area contributed by atoms with Crippen LogP contribution in [0.3, 0.4) is 0 Å². The van der Waals surface area contributed by atoms with E-state index in [2.05, 4.69) is 29.6 Å². The highest BCUT2D eigenvalue weighted by atomic mass is 32.1. The van der Waals surface area contributed by atoms with Crippen molar-refractivity contribution in [3.63, 3.8) is 0 Å². The maximum absolute atomic E-state index is 5.24. The second-order valence-electron chi connectivity index (χ2n) is 2.77. The highest BCUT2D eigenvalue weighted by Crippen LogP contribution is 2.14. The Morgan fingerprint density at radius 1 is 1.75 bits per heavy atom. The summed E-state index contributed by atoms with van der Waals surface area (Å²) in [4.78, 5) is 1.37. The van der Waals surface area contributed by atoms with Crippen LogP contribution < -0.4 is 5.32 Å². The number of rotatable bonds is 3. The SMILES string of the molecule is C#CC(C)NCc1ccsc1C. The molecule has 0 spiro atoms. The highest BCUT2D eigenvalue weighted by molar-refractivity contribution is 7.10. The van der Waals surface area contributed by atoms with E-state index >= 15 is 0 Å². The largest absolute Gasteiger partial charge is 0.300 e. The van der Waals surface area contributed by atoms with E-state index in [9.17, 15) is 0 Å². The van der Waals surface area contributed by atoms with Crippen LogP contribution in [0.2, 0.25) is 0 Å². The minimum absolute atomic E-state index is 0.157. The fraction of sp³-hybridized carbons (Fsp3) is 0.400. The van der Waals surface area contributed by atoms with E-state index in [4.69, 9.17) is 6.42 Å². The lowest BCUT2D eigenvalue weighted by Gasteiger charge is -2.06. The molecule has 1 aromatic rings. The Hall–Kier alpha value is -0.780. The third-order valence-corrected chi connectivity index (χ3v) is 2.70. The van der Waals surface area contributed by atoms with E-state index in [1.807, 2.05) is 6.92 Å². The molecule has 0 aliphatic carbocycles. The molecule has 64 valence electrons. The maximum atomic E-state index is 5.24. The molecule has 2 heteroatoms. The lowest BCUT2D eigenvalue weighted by atomic mass is 10.2. The van der Waals surface area contributed by atoms with Crippen LogP contribution in [0.1, 0.15) is 17.4 Å². The molecule has 1 unspecified atom stereocenters. The molecular weight excluding hydrogens is 166 g/mol. The Bertz CT molecular complexity index is 282. The van der Waals surface area contributed by atoms with Crippen LogP contribution >= 0.6 is 11.3 Å². The number of aryl methyl sites for hydroxylation is 1. The Morgan fingerprint density at radius 3 is 3.00 bits per heavy atom. The van der Waals surface area contributed by atoms with Crippen molar-refractivity contribution in [2.45, 2.75) is 26.4 Å². The van der Waals surface area contributed by atoms with Crippen LogP contribution in [0.25, 0.3) is 0 Å². The van der Waals surface area contributed by atoms with Crippen LogP contribution in [-0.2, 0) is 6.54 Å². The van der Waals surface area contributed by atoms with Gasteiger partial charge in [0.05, 0.1) is 6.04 Å². The first-order valence-electron chi connectivity index (χ1n) is 3.96. The summed E-state index contributed by atoms with van der Waals surface area (Å²) in [5.74, 6) is 2.64. The third kappa shape index (κ3) is 2.37. The van der Waals surface area contributed by atoms with E-state index in [0.717, 1.165) is 6.54 Å². The number of hydrogen-bond acceptors (Lipinski definition) is 2. The topological polar surface area (TPSA) is 12.0 Å². The molecule has 0 aliphatic heterocycles. The molecule has 1 heterocycles. The van der Waals surface area contributed by atoms with Gasteiger partial charge < -0.3 is 0 Å². The molecule has 1 aromatic heterocycles. The number of hydrogen-bond donors (Lipinski definition) is 1. The zero-order valence-corrected chi connectivity index (χ0v) is 8.24. The van der Waals surface area contributed by atoms with Crippen LogP contribution in [0.15, 0.2) is 11.4 Å². The maximum Gasteiger partial charge on any atom is 0.0660 e. The fourth-order valence-electron chi connectivity index (χ4n) is 0.917. The second-order valence-corrected chi connectivity index (χ2v) is 3.89. The number of terminal acetylenes is 1. The molecule has 1 nitrogen and oxygen atoms in total. The van der Waals surface area contributed by atoms with Gasteiger partial charge in [-0.05, 0) is 30.9 Å². The summed E-state index contributed by atoms with van der Waals surface area (Å²) >= 11 is 1.77. The van der Waals surface area contributed by atoms with Gasteiger partial charge in [-0.25, -0.2) is 0 Å². The molecule has 0 aliphatic rings. The quantitative estimate of drug-likeness (QED) is 0.701. The van der Waals surface area contributed by atoms with Crippen LogP contribution in [0.5, 0.6) is 0 Å². The summed E-state index contributed by atoms with van der Waals surface area (Å²) in [6.07, 6.45) is 5.24. The van der Waals surface area contributed by atoms with Crippen molar-refractivity contribution in [3.05, 3.63) is 21.9 Å². The van der Waals surface area contributed by atoms with Crippen molar-refractivity contribution in [1.82, 2.24) is 5.32 Å². The van der Waals surface area contributed by atoms with Crippen LogP contribution in [0.4, 0.5) is 0 Å². The van der Waals surface area contributed by atoms with E-state index in [0.29, 0.717) is 0 Å². The van der Waals surface area contributed by atoms with E-state index in [1.54, 1.807) is 11.3 Å². The Kier molecular flexibility index (Phi) is 3.33. The van der Waals surface area contributed by atoms with Gasteiger partial charge in [-0.3, -0.25) is 5.32 Å². The third-order valence-electron chi connectivity index (χ3n) is 1.81. The first-order valence-corrected chi connectivity index (χ1v) is 4.84. The second kappa shape index (κ2) is 4.30. The van der Waals surface area contributed by atoms with Crippen LogP contribution in [0, 0.1) is 19.3 Å². The standard InChI is InChI=1S/C10H13NS/c1-4-8(2)11-7-10-5-6-12-9(10)3/h1,5-6,8,11H,7H2,2-3H3. The van der Waals surface area contributed by atoms with Gasteiger partial charge in [0.25, 0.3) is 0 Å². The minimum atomic E-state index is 0.157. The van der Waals surface area contributed by atoms with Gasteiger partial charge in [0.1, 0.15) is 0 Å². The summed E-state index contributed by atoms with van der Waals surface area (Å²) in [6.45, 7) is 4.99.